The molecule has 1 unspecified atom stereocenters. The van der Waals surface area contributed by atoms with Crippen molar-refractivity contribution in [3.63, 3.8) is 0 Å². The quantitative estimate of drug-likeness (QED) is 0.462. The third-order valence-electron chi connectivity index (χ3n) is 4.10. The SMILES string of the molecule is C=C/C=C\C1=C2C(=C\CC)/C=CCC2C(/C=C\C)=C1/C=C\C.CC. The Kier molecular flexibility index (Phi) is 8.86. The van der Waals surface area contributed by atoms with Crippen molar-refractivity contribution in [1.82, 2.24) is 0 Å². The van der Waals surface area contributed by atoms with Crippen LogP contribution in [0.25, 0.3) is 0 Å². The van der Waals surface area contributed by atoms with E-state index >= 15 is 0 Å². The Morgan fingerprint density at radius 3 is 2.38 bits per heavy atom. The van der Waals surface area contributed by atoms with Crippen LogP contribution in [0.5, 0.6) is 0 Å². The van der Waals surface area contributed by atoms with Crippen LogP contribution >= 0.6 is 0 Å². The van der Waals surface area contributed by atoms with Crippen LogP contribution in [-0.4, -0.2) is 0 Å². The standard InChI is InChI=1S/C22H26.C2H6/c1-5-9-15-20-18(12-7-3)19(13-8-4)21-16-10-14-17(11-6-2)22(20)21;1-2/h5,7-15,21H,1,6,16H2,2-4H3;1-2H3/b12-7-,13-8-,15-9-,17-11-;. The van der Waals surface area contributed by atoms with Crippen LogP contribution in [0.2, 0.25) is 0 Å². The smallest absolute Gasteiger partial charge is 0.0142 e. The third-order valence-corrected chi connectivity index (χ3v) is 4.10. The zero-order valence-electron chi connectivity index (χ0n) is 16.0. The topological polar surface area (TPSA) is 0 Å². The van der Waals surface area contributed by atoms with E-state index in [4.69, 9.17) is 0 Å². The van der Waals surface area contributed by atoms with Gasteiger partial charge in [0.15, 0.2) is 0 Å². The van der Waals surface area contributed by atoms with Gasteiger partial charge in [0, 0.05) is 5.92 Å². The van der Waals surface area contributed by atoms with Gasteiger partial charge < -0.3 is 0 Å². The van der Waals surface area contributed by atoms with E-state index in [2.05, 4.69) is 76.0 Å². The molecule has 1 atom stereocenters. The summed E-state index contributed by atoms with van der Waals surface area (Å²) in [6.45, 7) is 14.2. The minimum atomic E-state index is 0.481. The molecule has 2 rings (SSSR count). The number of allylic oxidation sites excluding steroid dienone is 15. The number of rotatable bonds is 5. The predicted molar refractivity (Wildman–Crippen MR) is 110 cm³/mol. The molecule has 0 heterocycles. The highest BCUT2D eigenvalue weighted by Gasteiger charge is 2.32. The lowest BCUT2D eigenvalue weighted by Crippen LogP contribution is -2.08. The van der Waals surface area contributed by atoms with Crippen molar-refractivity contribution in [1.29, 1.82) is 0 Å². The van der Waals surface area contributed by atoms with Crippen LogP contribution < -0.4 is 0 Å². The minimum absolute atomic E-state index is 0.481. The second-order valence-electron chi connectivity index (χ2n) is 5.55. The molecule has 0 N–H and O–H groups in total. The Balaban J connectivity index is 0.00000139. The van der Waals surface area contributed by atoms with E-state index in [1.807, 2.05) is 26.0 Å². The lowest BCUT2D eigenvalue weighted by molar-refractivity contribution is 0.750. The van der Waals surface area contributed by atoms with E-state index in [-0.39, 0.29) is 0 Å². The largest absolute Gasteiger partial charge is 0.0991 e. The minimum Gasteiger partial charge on any atom is -0.0991 e. The molecule has 0 saturated carbocycles. The fourth-order valence-electron chi connectivity index (χ4n) is 3.33. The van der Waals surface area contributed by atoms with E-state index < -0.39 is 0 Å². The van der Waals surface area contributed by atoms with Crippen LogP contribution in [0.4, 0.5) is 0 Å². The summed E-state index contributed by atoms with van der Waals surface area (Å²) in [5.74, 6) is 0.481. The summed E-state index contributed by atoms with van der Waals surface area (Å²) in [5, 5.41) is 0. The molecule has 0 radical (unpaired) electrons. The Bertz CT molecular complexity index is 640. The van der Waals surface area contributed by atoms with Gasteiger partial charge in [-0.1, -0.05) is 88.1 Å². The van der Waals surface area contributed by atoms with E-state index in [1.54, 1.807) is 0 Å². The molecular formula is C24H32. The van der Waals surface area contributed by atoms with Gasteiger partial charge in [-0.3, -0.25) is 0 Å². The van der Waals surface area contributed by atoms with Gasteiger partial charge in [0.2, 0.25) is 0 Å². The van der Waals surface area contributed by atoms with Crippen LogP contribution in [-0.2, 0) is 0 Å². The van der Waals surface area contributed by atoms with Gasteiger partial charge in [-0.05, 0) is 54.6 Å². The molecule has 2 aliphatic carbocycles. The summed E-state index contributed by atoms with van der Waals surface area (Å²) < 4.78 is 0. The zero-order chi connectivity index (χ0) is 17.9. The summed E-state index contributed by atoms with van der Waals surface area (Å²) in [6, 6.07) is 0. The molecule has 0 aromatic heterocycles. The molecule has 0 aromatic carbocycles. The van der Waals surface area contributed by atoms with E-state index in [1.165, 1.54) is 27.9 Å². The molecule has 128 valence electrons. The molecule has 0 amide bonds. The molecule has 24 heavy (non-hydrogen) atoms. The normalized spacial score (nSPS) is 22.0. The van der Waals surface area contributed by atoms with Gasteiger partial charge in [0.1, 0.15) is 0 Å². The van der Waals surface area contributed by atoms with Crippen LogP contribution in [0.3, 0.4) is 0 Å². The van der Waals surface area contributed by atoms with Gasteiger partial charge in [0.05, 0.1) is 0 Å². The lowest BCUT2D eigenvalue weighted by atomic mass is 9.82. The number of hydrogen-bond donors (Lipinski definition) is 0. The van der Waals surface area contributed by atoms with E-state index in [0.29, 0.717) is 5.92 Å². The second kappa shape index (κ2) is 10.6. The van der Waals surface area contributed by atoms with Gasteiger partial charge in [-0.2, -0.15) is 0 Å². The maximum absolute atomic E-state index is 3.82. The highest BCUT2D eigenvalue weighted by atomic mass is 14.4. The van der Waals surface area contributed by atoms with Crippen molar-refractivity contribution in [2.45, 2.75) is 47.5 Å². The first kappa shape index (κ1) is 20.0. The van der Waals surface area contributed by atoms with Gasteiger partial charge in [-0.15, -0.1) is 0 Å². The van der Waals surface area contributed by atoms with E-state index in [0.717, 1.165) is 12.8 Å². The first-order chi connectivity index (χ1) is 11.8. The average molecular weight is 321 g/mol. The molecule has 0 bridgehead atoms. The molecule has 0 heteroatoms. The number of fused-ring (bicyclic) bond motifs is 1. The molecule has 0 aliphatic heterocycles. The van der Waals surface area contributed by atoms with E-state index in [9.17, 15) is 0 Å². The Hall–Kier alpha value is -2.08. The fraction of sp³-hybridized carbons (Fsp3) is 0.333. The maximum atomic E-state index is 3.82. The van der Waals surface area contributed by atoms with Crippen molar-refractivity contribution >= 4 is 0 Å². The fourth-order valence-corrected chi connectivity index (χ4v) is 3.33. The second-order valence-corrected chi connectivity index (χ2v) is 5.55. The van der Waals surface area contributed by atoms with Crippen LogP contribution in [0, 0.1) is 5.92 Å². The predicted octanol–water partition coefficient (Wildman–Crippen LogP) is 7.43. The summed E-state index contributed by atoms with van der Waals surface area (Å²) in [7, 11) is 0. The van der Waals surface area contributed by atoms with Crippen molar-refractivity contribution < 1.29 is 0 Å². The summed E-state index contributed by atoms with van der Waals surface area (Å²) in [4.78, 5) is 0. The molecular weight excluding hydrogens is 288 g/mol. The third kappa shape index (κ3) is 4.26. The molecule has 2 aliphatic rings. The Morgan fingerprint density at radius 1 is 1.08 bits per heavy atom. The zero-order valence-corrected chi connectivity index (χ0v) is 16.0. The molecule has 0 fully saturated rings. The van der Waals surface area contributed by atoms with Gasteiger partial charge >= 0.3 is 0 Å². The highest BCUT2D eigenvalue weighted by Crippen LogP contribution is 2.47. The molecule has 0 nitrogen and oxygen atoms in total. The van der Waals surface area contributed by atoms with Gasteiger partial charge in [-0.25, -0.2) is 0 Å². The lowest BCUT2D eigenvalue weighted by Gasteiger charge is -2.22. The van der Waals surface area contributed by atoms with Crippen molar-refractivity contribution in [3.05, 3.63) is 95.2 Å². The maximum Gasteiger partial charge on any atom is 0.0142 e. The first-order valence-electron chi connectivity index (χ1n) is 9.18. The Labute approximate surface area is 149 Å². The summed E-state index contributed by atoms with van der Waals surface area (Å²) in [6.07, 6.45) is 24.0. The summed E-state index contributed by atoms with van der Waals surface area (Å²) in [5.41, 5.74) is 6.99. The molecule has 0 spiro atoms. The van der Waals surface area contributed by atoms with Crippen LogP contribution in [0.1, 0.15) is 47.5 Å². The van der Waals surface area contributed by atoms with Gasteiger partial charge in [0.25, 0.3) is 0 Å². The highest BCUT2D eigenvalue weighted by molar-refractivity contribution is 5.69. The van der Waals surface area contributed by atoms with Crippen molar-refractivity contribution in [3.8, 4) is 0 Å². The molecule has 0 aromatic rings. The monoisotopic (exact) mass is 320 g/mol. The Morgan fingerprint density at radius 2 is 1.79 bits per heavy atom. The van der Waals surface area contributed by atoms with Crippen molar-refractivity contribution in [2.75, 3.05) is 0 Å². The molecule has 0 saturated heterocycles. The van der Waals surface area contributed by atoms with Crippen molar-refractivity contribution in [2.24, 2.45) is 5.92 Å². The number of hydrogen-bond acceptors (Lipinski definition) is 0. The van der Waals surface area contributed by atoms with Crippen LogP contribution in [0.15, 0.2) is 95.2 Å². The summed E-state index contributed by atoms with van der Waals surface area (Å²) >= 11 is 0. The average Bonchev–Trinajstić information content (AvgIpc) is 2.90. The first-order valence-corrected chi connectivity index (χ1v) is 9.18.